The van der Waals surface area contributed by atoms with Gasteiger partial charge in [-0.05, 0) is 44.5 Å². The first-order valence-electron chi connectivity index (χ1n) is 8.89. The van der Waals surface area contributed by atoms with E-state index in [4.69, 9.17) is 0 Å². The van der Waals surface area contributed by atoms with Crippen LogP contribution in [0, 0.1) is 13.8 Å². The third kappa shape index (κ3) is 5.22. The summed E-state index contributed by atoms with van der Waals surface area (Å²) in [6.45, 7) is 7.25. The molecule has 7 heteroatoms. The van der Waals surface area contributed by atoms with Crippen LogP contribution in [-0.4, -0.2) is 34.4 Å². The van der Waals surface area contributed by atoms with Crippen LogP contribution in [0.3, 0.4) is 0 Å². The number of nitrogens with one attached hydrogen (secondary N) is 1. The molecule has 27 heavy (non-hydrogen) atoms. The third-order valence-electron chi connectivity index (χ3n) is 4.30. The highest BCUT2D eigenvalue weighted by Crippen LogP contribution is 2.26. The summed E-state index contributed by atoms with van der Waals surface area (Å²) in [6.07, 6.45) is 0.946. The number of aryl methyl sites for hydroxylation is 3. The molecule has 0 aliphatic heterocycles. The Labute approximate surface area is 168 Å². The van der Waals surface area contributed by atoms with Gasteiger partial charge in [0.15, 0.2) is 5.13 Å². The van der Waals surface area contributed by atoms with Gasteiger partial charge in [0.05, 0.1) is 22.9 Å². The summed E-state index contributed by atoms with van der Waals surface area (Å²) in [4.78, 5) is 23.4. The van der Waals surface area contributed by atoms with Crippen molar-refractivity contribution in [1.29, 1.82) is 0 Å². The number of nitrogens with zero attached hydrogens (tertiary/aromatic N) is 3. The van der Waals surface area contributed by atoms with E-state index in [1.165, 1.54) is 22.5 Å². The van der Waals surface area contributed by atoms with E-state index in [2.05, 4.69) is 59.6 Å². The molecule has 0 fully saturated rings. The highest BCUT2D eigenvalue weighted by molar-refractivity contribution is 7.14. The monoisotopic (exact) mass is 400 g/mol. The molecule has 0 saturated heterocycles. The predicted molar refractivity (Wildman–Crippen MR) is 113 cm³/mol. The van der Waals surface area contributed by atoms with Crippen LogP contribution in [0.4, 0.5) is 5.13 Å². The summed E-state index contributed by atoms with van der Waals surface area (Å²) in [5.74, 6) is -0.0653. The Morgan fingerprint density at radius 1 is 1.15 bits per heavy atom. The van der Waals surface area contributed by atoms with Gasteiger partial charge in [-0.25, -0.2) is 9.97 Å². The van der Waals surface area contributed by atoms with Gasteiger partial charge < -0.3 is 5.32 Å². The van der Waals surface area contributed by atoms with Gasteiger partial charge in [-0.3, -0.25) is 9.69 Å². The predicted octanol–water partition coefficient (Wildman–Crippen LogP) is 4.52. The quantitative estimate of drug-likeness (QED) is 0.634. The van der Waals surface area contributed by atoms with Gasteiger partial charge in [-0.15, -0.1) is 22.7 Å². The van der Waals surface area contributed by atoms with Gasteiger partial charge in [0.25, 0.3) is 0 Å². The fourth-order valence-electron chi connectivity index (χ4n) is 2.68. The number of benzene rings is 1. The zero-order valence-electron chi connectivity index (χ0n) is 16.1. The number of likely N-dealkylation sites (N-methyl/N-ethyl adjacent to an activating group) is 1. The summed E-state index contributed by atoms with van der Waals surface area (Å²) in [5.41, 5.74) is 5.47. The first-order chi connectivity index (χ1) is 12.9. The molecule has 3 aromatic rings. The number of hydrogen-bond acceptors (Lipinski definition) is 6. The van der Waals surface area contributed by atoms with Crippen LogP contribution in [0.2, 0.25) is 0 Å². The van der Waals surface area contributed by atoms with Crippen molar-refractivity contribution >= 4 is 33.7 Å². The number of hydrogen-bond donors (Lipinski definition) is 1. The minimum Gasteiger partial charge on any atom is -0.301 e. The van der Waals surface area contributed by atoms with Crippen molar-refractivity contribution in [3.63, 3.8) is 0 Å². The summed E-state index contributed by atoms with van der Waals surface area (Å²) < 4.78 is 0. The fraction of sp³-hybridized carbons (Fsp3) is 0.350. The van der Waals surface area contributed by atoms with E-state index in [-0.39, 0.29) is 5.91 Å². The maximum absolute atomic E-state index is 12.3. The highest BCUT2D eigenvalue weighted by Gasteiger charge is 2.12. The molecular formula is C20H24N4OS2. The molecule has 0 radical (unpaired) electrons. The molecule has 0 aliphatic carbocycles. The molecule has 1 aromatic carbocycles. The molecule has 0 atom stereocenters. The maximum Gasteiger partial charge on any atom is 0.240 e. The standard InChI is InChI=1S/C20H24N4OS2/c1-5-19-21-16(11-26-19)9-24(4)10-18(25)23-20-22-17(12-27-20)15-7-6-13(2)14(3)8-15/h6-8,11-12H,5,9-10H2,1-4H3,(H,22,23,25). The summed E-state index contributed by atoms with van der Waals surface area (Å²) in [6, 6.07) is 6.29. The van der Waals surface area contributed by atoms with E-state index in [1.807, 2.05) is 17.3 Å². The molecule has 5 nitrogen and oxygen atoms in total. The zero-order valence-corrected chi connectivity index (χ0v) is 17.7. The average molecular weight is 401 g/mol. The van der Waals surface area contributed by atoms with E-state index in [9.17, 15) is 4.79 Å². The molecule has 0 unspecified atom stereocenters. The van der Waals surface area contributed by atoms with Crippen LogP contribution in [-0.2, 0) is 17.8 Å². The van der Waals surface area contributed by atoms with Crippen molar-refractivity contribution in [2.24, 2.45) is 0 Å². The van der Waals surface area contributed by atoms with Crippen LogP contribution in [0.1, 0.15) is 28.8 Å². The Morgan fingerprint density at radius 2 is 1.96 bits per heavy atom. The molecular weight excluding hydrogens is 376 g/mol. The Balaban J connectivity index is 1.56. The third-order valence-corrected chi connectivity index (χ3v) is 6.10. The summed E-state index contributed by atoms with van der Waals surface area (Å²) >= 11 is 3.12. The number of amides is 1. The molecule has 1 N–H and O–H groups in total. The number of thiazole rings is 2. The van der Waals surface area contributed by atoms with Crippen LogP contribution >= 0.6 is 22.7 Å². The average Bonchev–Trinajstić information content (AvgIpc) is 3.26. The van der Waals surface area contributed by atoms with Gasteiger partial charge in [-0.2, -0.15) is 0 Å². The van der Waals surface area contributed by atoms with Gasteiger partial charge in [-0.1, -0.05) is 19.1 Å². The minimum absolute atomic E-state index is 0.0653. The minimum atomic E-state index is -0.0653. The number of carbonyl (C=O) groups excluding carboxylic acids is 1. The second kappa shape index (κ2) is 8.73. The lowest BCUT2D eigenvalue weighted by molar-refractivity contribution is -0.117. The van der Waals surface area contributed by atoms with Crippen LogP contribution in [0.25, 0.3) is 11.3 Å². The van der Waals surface area contributed by atoms with E-state index in [0.717, 1.165) is 28.4 Å². The number of carbonyl (C=O) groups is 1. The van der Waals surface area contributed by atoms with E-state index >= 15 is 0 Å². The molecule has 0 bridgehead atoms. The number of anilines is 1. The highest BCUT2D eigenvalue weighted by atomic mass is 32.1. The molecule has 2 heterocycles. The van der Waals surface area contributed by atoms with E-state index in [0.29, 0.717) is 18.2 Å². The van der Waals surface area contributed by atoms with Crippen molar-refractivity contribution in [2.75, 3.05) is 18.9 Å². The van der Waals surface area contributed by atoms with Crippen molar-refractivity contribution in [3.05, 3.63) is 50.8 Å². The topological polar surface area (TPSA) is 58.1 Å². The lowest BCUT2D eigenvalue weighted by Crippen LogP contribution is -2.29. The Bertz CT molecular complexity index is 932. The van der Waals surface area contributed by atoms with Crippen molar-refractivity contribution in [1.82, 2.24) is 14.9 Å². The molecule has 1 amide bonds. The molecule has 3 rings (SSSR count). The number of aromatic nitrogens is 2. The van der Waals surface area contributed by atoms with Crippen molar-refractivity contribution in [2.45, 2.75) is 33.7 Å². The van der Waals surface area contributed by atoms with Gasteiger partial charge in [0.1, 0.15) is 0 Å². The second-order valence-corrected chi connectivity index (χ2v) is 8.44. The van der Waals surface area contributed by atoms with Crippen LogP contribution in [0.15, 0.2) is 29.0 Å². The Kier molecular flexibility index (Phi) is 6.36. The molecule has 142 valence electrons. The Morgan fingerprint density at radius 3 is 2.67 bits per heavy atom. The molecule has 0 spiro atoms. The number of rotatable bonds is 7. The summed E-state index contributed by atoms with van der Waals surface area (Å²) in [7, 11) is 1.92. The first-order valence-corrected chi connectivity index (χ1v) is 10.7. The lowest BCUT2D eigenvalue weighted by Gasteiger charge is -2.14. The molecule has 0 aliphatic rings. The normalized spacial score (nSPS) is 11.1. The zero-order chi connectivity index (χ0) is 19.4. The largest absolute Gasteiger partial charge is 0.301 e. The van der Waals surface area contributed by atoms with Gasteiger partial charge in [0.2, 0.25) is 5.91 Å². The molecule has 0 saturated carbocycles. The van der Waals surface area contributed by atoms with E-state index < -0.39 is 0 Å². The first kappa shape index (κ1) is 19.7. The van der Waals surface area contributed by atoms with Crippen LogP contribution in [0.5, 0.6) is 0 Å². The molecule has 2 aromatic heterocycles. The maximum atomic E-state index is 12.3. The SMILES string of the molecule is CCc1nc(CN(C)CC(=O)Nc2nc(-c3ccc(C)c(C)c3)cs2)cs1. The van der Waals surface area contributed by atoms with Gasteiger partial charge >= 0.3 is 0 Å². The second-order valence-electron chi connectivity index (χ2n) is 6.64. The van der Waals surface area contributed by atoms with E-state index in [1.54, 1.807) is 11.3 Å². The van der Waals surface area contributed by atoms with Crippen LogP contribution < -0.4 is 5.32 Å². The fourth-order valence-corrected chi connectivity index (χ4v) is 4.16. The lowest BCUT2D eigenvalue weighted by atomic mass is 10.1. The van der Waals surface area contributed by atoms with Crippen molar-refractivity contribution in [3.8, 4) is 11.3 Å². The Hall–Kier alpha value is -2.09. The van der Waals surface area contributed by atoms with Gasteiger partial charge in [0, 0.05) is 22.9 Å². The summed E-state index contributed by atoms with van der Waals surface area (Å²) in [5, 5.41) is 8.69. The smallest absolute Gasteiger partial charge is 0.240 e. The van der Waals surface area contributed by atoms with Crippen molar-refractivity contribution < 1.29 is 4.79 Å².